The molecule has 0 amide bonds. The van der Waals surface area contributed by atoms with E-state index in [0.717, 1.165) is 17.1 Å². The van der Waals surface area contributed by atoms with Gasteiger partial charge in [-0.25, -0.2) is 4.79 Å². The minimum Gasteiger partial charge on any atom is -0.466 e. The van der Waals surface area contributed by atoms with Crippen LogP contribution in [0.1, 0.15) is 12.5 Å². The number of nitrogens with zero attached hydrogens (tertiary/aromatic N) is 1. The first-order chi connectivity index (χ1) is 11.7. The van der Waals surface area contributed by atoms with Crippen molar-refractivity contribution in [3.63, 3.8) is 0 Å². The molecule has 1 unspecified atom stereocenters. The van der Waals surface area contributed by atoms with Crippen molar-refractivity contribution in [3.8, 4) is 0 Å². The average molecular weight is 329 g/mol. The summed E-state index contributed by atoms with van der Waals surface area (Å²) in [5.41, 5.74) is 1.95. The van der Waals surface area contributed by atoms with Crippen LogP contribution in [0.2, 0.25) is 0 Å². The molecule has 1 aliphatic heterocycles. The van der Waals surface area contributed by atoms with E-state index in [1.807, 2.05) is 37.3 Å². The van der Waals surface area contributed by atoms with E-state index in [4.69, 9.17) is 4.74 Å². The molecule has 0 saturated carbocycles. The Morgan fingerprint density at radius 3 is 2.83 bits per heavy atom. The van der Waals surface area contributed by atoms with Crippen LogP contribution in [-0.2, 0) is 20.9 Å². The third-order valence-corrected chi connectivity index (χ3v) is 3.30. The van der Waals surface area contributed by atoms with E-state index < -0.39 is 0 Å². The molecule has 1 aromatic carbocycles. The highest BCUT2D eigenvalue weighted by molar-refractivity contribution is 5.87. The standard InChI is InChI=1S/C18H23N3O3/c1-14(12-24-13-15-6-4-3-5-7-15)21-17-11-19-16(10-20-17)8-9-18(22)23-2/h3-10,14,19H,11-13H2,1-2H3,(H,20,21)/b9-8+. The van der Waals surface area contributed by atoms with E-state index in [2.05, 4.69) is 20.4 Å². The van der Waals surface area contributed by atoms with Gasteiger partial charge in [-0.05, 0) is 18.6 Å². The second-order valence-corrected chi connectivity index (χ2v) is 5.38. The predicted molar refractivity (Wildman–Crippen MR) is 93.4 cm³/mol. The Balaban J connectivity index is 1.75. The zero-order valence-electron chi connectivity index (χ0n) is 14.0. The van der Waals surface area contributed by atoms with Crippen LogP contribution in [-0.4, -0.2) is 38.1 Å². The van der Waals surface area contributed by atoms with Crippen LogP contribution < -0.4 is 10.6 Å². The number of carbonyl (C=O) groups excluding carboxylic acids is 1. The van der Waals surface area contributed by atoms with Crippen molar-refractivity contribution in [2.75, 3.05) is 20.3 Å². The molecule has 0 bridgehead atoms. The fourth-order valence-electron chi connectivity index (χ4n) is 2.09. The van der Waals surface area contributed by atoms with Gasteiger partial charge in [-0.15, -0.1) is 0 Å². The van der Waals surface area contributed by atoms with Gasteiger partial charge in [-0.2, -0.15) is 0 Å². The predicted octanol–water partition coefficient (Wildman–Crippen LogP) is 1.75. The van der Waals surface area contributed by atoms with Crippen molar-refractivity contribution >= 4 is 11.8 Å². The van der Waals surface area contributed by atoms with Gasteiger partial charge in [-0.3, -0.25) is 4.99 Å². The maximum atomic E-state index is 11.0. The first-order valence-corrected chi connectivity index (χ1v) is 7.82. The van der Waals surface area contributed by atoms with Crippen molar-refractivity contribution in [1.82, 2.24) is 10.6 Å². The Hall–Kier alpha value is -2.60. The number of amidine groups is 1. The second-order valence-electron chi connectivity index (χ2n) is 5.38. The van der Waals surface area contributed by atoms with Crippen LogP contribution in [0.3, 0.4) is 0 Å². The summed E-state index contributed by atoms with van der Waals surface area (Å²) < 4.78 is 10.2. The van der Waals surface area contributed by atoms with Gasteiger partial charge in [0.15, 0.2) is 0 Å². The number of methoxy groups -OCH3 is 1. The summed E-state index contributed by atoms with van der Waals surface area (Å²) in [6, 6.07) is 10.1. The molecule has 1 aliphatic rings. The Labute approximate surface area is 142 Å². The molecule has 24 heavy (non-hydrogen) atoms. The van der Waals surface area contributed by atoms with Crippen LogP contribution in [0.4, 0.5) is 0 Å². The number of nitrogens with one attached hydrogen (secondary N) is 2. The van der Waals surface area contributed by atoms with Crippen molar-refractivity contribution in [3.05, 3.63) is 59.9 Å². The van der Waals surface area contributed by atoms with Crippen LogP contribution in [0, 0.1) is 0 Å². The van der Waals surface area contributed by atoms with Gasteiger partial charge in [0.2, 0.25) is 0 Å². The van der Waals surface area contributed by atoms with Crippen molar-refractivity contribution in [1.29, 1.82) is 0 Å². The Morgan fingerprint density at radius 2 is 2.17 bits per heavy atom. The maximum Gasteiger partial charge on any atom is 0.330 e. The van der Waals surface area contributed by atoms with Gasteiger partial charge in [0.1, 0.15) is 5.84 Å². The maximum absolute atomic E-state index is 11.0. The molecule has 0 aromatic heterocycles. The van der Waals surface area contributed by atoms with Gasteiger partial charge in [0.25, 0.3) is 0 Å². The summed E-state index contributed by atoms with van der Waals surface area (Å²) in [6.45, 7) is 3.72. The number of benzene rings is 1. The van der Waals surface area contributed by atoms with Gasteiger partial charge in [0, 0.05) is 12.3 Å². The number of ether oxygens (including phenoxy) is 2. The lowest BCUT2D eigenvalue weighted by atomic mass is 10.2. The van der Waals surface area contributed by atoms with Crippen molar-refractivity contribution in [2.45, 2.75) is 19.6 Å². The number of aliphatic imine (C=N–C) groups is 1. The molecule has 2 rings (SSSR count). The monoisotopic (exact) mass is 329 g/mol. The van der Waals surface area contributed by atoms with Gasteiger partial charge >= 0.3 is 5.97 Å². The zero-order valence-corrected chi connectivity index (χ0v) is 14.0. The van der Waals surface area contributed by atoms with Gasteiger partial charge < -0.3 is 20.1 Å². The number of rotatable bonds is 7. The molecule has 6 nitrogen and oxygen atoms in total. The summed E-state index contributed by atoms with van der Waals surface area (Å²) in [4.78, 5) is 15.6. The number of hydrogen-bond donors (Lipinski definition) is 2. The quantitative estimate of drug-likeness (QED) is 0.589. The molecule has 1 aromatic rings. The van der Waals surface area contributed by atoms with E-state index in [1.54, 1.807) is 12.3 Å². The third kappa shape index (κ3) is 6.26. The second kappa shape index (κ2) is 9.52. The first-order valence-electron chi connectivity index (χ1n) is 7.82. The van der Waals surface area contributed by atoms with Gasteiger partial charge in [0.05, 0.1) is 38.6 Å². The number of esters is 1. The number of allylic oxidation sites excluding steroid dienone is 1. The summed E-state index contributed by atoms with van der Waals surface area (Å²) in [5, 5.41) is 6.28. The molecular formula is C18H23N3O3. The molecule has 128 valence electrons. The Morgan fingerprint density at radius 1 is 1.38 bits per heavy atom. The molecular weight excluding hydrogens is 306 g/mol. The van der Waals surface area contributed by atoms with E-state index >= 15 is 0 Å². The SMILES string of the molecule is COC(=O)/C=C/C1=CNC(=NC(C)COCc2ccccc2)CN1. The molecule has 0 spiro atoms. The molecule has 0 saturated heterocycles. The molecule has 0 fully saturated rings. The van der Waals surface area contributed by atoms with Crippen LogP contribution in [0.5, 0.6) is 0 Å². The molecule has 6 heteroatoms. The summed E-state index contributed by atoms with van der Waals surface area (Å²) in [5.74, 6) is 0.447. The fraction of sp³-hybridized carbons (Fsp3) is 0.333. The third-order valence-electron chi connectivity index (χ3n) is 3.30. The zero-order chi connectivity index (χ0) is 17.2. The summed E-state index contributed by atoms with van der Waals surface area (Å²) in [6.07, 6.45) is 4.78. The Kier molecular flexibility index (Phi) is 7.04. The van der Waals surface area contributed by atoms with Gasteiger partial charge in [-0.1, -0.05) is 30.3 Å². The smallest absolute Gasteiger partial charge is 0.330 e. The van der Waals surface area contributed by atoms with Crippen LogP contribution in [0.25, 0.3) is 0 Å². The number of hydrogen-bond acceptors (Lipinski definition) is 5. The van der Waals surface area contributed by atoms with Crippen molar-refractivity contribution in [2.24, 2.45) is 4.99 Å². The normalized spacial score (nSPS) is 17.1. The van der Waals surface area contributed by atoms with E-state index in [9.17, 15) is 4.79 Å². The number of carbonyl (C=O) groups is 1. The Bertz CT molecular complexity index is 624. The molecule has 0 radical (unpaired) electrons. The molecule has 0 aliphatic carbocycles. The van der Waals surface area contributed by atoms with Crippen LogP contribution in [0.15, 0.2) is 59.4 Å². The van der Waals surface area contributed by atoms with E-state index in [1.165, 1.54) is 13.2 Å². The fourth-order valence-corrected chi connectivity index (χ4v) is 2.09. The highest BCUT2D eigenvalue weighted by Gasteiger charge is 2.08. The largest absolute Gasteiger partial charge is 0.466 e. The van der Waals surface area contributed by atoms with Crippen molar-refractivity contribution < 1.29 is 14.3 Å². The lowest BCUT2D eigenvalue weighted by Crippen LogP contribution is -2.37. The minimum atomic E-state index is -0.388. The highest BCUT2D eigenvalue weighted by atomic mass is 16.5. The summed E-state index contributed by atoms with van der Waals surface area (Å²) >= 11 is 0. The first kappa shape index (κ1) is 17.7. The lowest BCUT2D eigenvalue weighted by molar-refractivity contribution is -0.134. The highest BCUT2D eigenvalue weighted by Crippen LogP contribution is 2.03. The average Bonchev–Trinajstić information content (AvgIpc) is 2.61. The molecule has 1 heterocycles. The van der Waals surface area contributed by atoms with E-state index in [-0.39, 0.29) is 12.0 Å². The van der Waals surface area contributed by atoms with E-state index in [0.29, 0.717) is 19.8 Å². The lowest BCUT2D eigenvalue weighted by Gasteiger charge is -2.18. The topological polar surface area (TPSA) is 72.0 Å². The molecule has 2 N–H and O–H groups in total. The summed E-state index contributed by atoms with van der Waals surface area (Å²) in [7, 11) is 1.35. The van der Waals surface area contributed by atoms with Crippen LogP contribution >= 0.6 is 0 Å². The molecule has 1 atom stereocenters. The minimum absolute atomic E-state index is 0.0542.